The van der Waals surface area contributed by atoms with Crippen LogP contribution in [0.2, 0.25) is 0 Å². The zero-order chi connectivity index (χ0) is 18.1. The molecule has 0 atom stereocenters. The van der Waals surface area contributed by atoms with E-state index < -0.39 is 0 Å². The first-order valence-electron chi connectivity index (χ1n) is 8.16. The topological polar surface area (TPSA) is 79.8 Å². The highest BCUT2D eigenvalue weighted by atomic mass is 16.1. The number of H-pyrrole nitrogens is 1. The Morgan fingerprint density at radius 3 is 2.62 bits per heavy atom. The summed E-state index contributed by atoms with van der Waals surface area (Å²) in [4.78, 5) is 30.5. The number of para-hydroxylation sites is 1. The van der Waals surface area contributed by atoms with Gasteiger partial charge in [-0.05, 0) is 43.3 Å². The number of hydrogen-bond acceptors (Lipinski definition) is 3. The fourth-order valence-corrected chi connectivity index (χ4v) is 2.94. The fraction of sp³-hybridized carbons (Fsp3) is 0.0500. The molecule has 4 rings (SSSR count). The normalized spacial score (nSPS) is 10.8. The molecule has 0 aliphatic heterocycles. The predicted molar refractivity (Wildman–Crippen MR) is 101 cm³/mol. The number of nitrogens with one attached hydrogen (secondary N) is 2. The van der Waals surface area contributed by atoms with E-state index in [-0.39, 0.29) is 11.5 Å². The first-order valence-corrected chi connectivity index (χ1v) is 8.16. The van der Waals surface area contributed by atoms with Gasteiger partial charge in [-0.2, -0.15) is 0 Å². The van der Waals surface area contributed by atoms with Gasteiger partial charge in [-0.3, -0.25) is 14.2 Å². The van der Waals surface area contributed by atoms with Crippen molar-refractivity contribution in [3.8, 4) is 5.69 Å². The number of imidazole rings is 1. The lowest BCUT2D eigenvalue weighted by molar-refractivity contribution is 0.102. The van der Waals surface area contributed by atoms with E-state index in [2.05, 4.69) is 19.9 Å². The highest BCUT2D eigenvalue weighted by Gasteiger charge is 2.11. The van der Waals surface area contributed by atoms with Crippen LogP contribution in [-0.2, 0) is 0 Å². The summed E-state index contributed by atoms with van der Waals surface area (Å²) in [5.41, 5.74) is 3.59. The van der Waals surface area contributed by atoms with Gasteiger partial charge in [0.05, 0.1) is 16.6 Å². The number of amides is 1. The average molecular weight is 344 g/mol. The fourth-order valence-electron chi connectivity index (χ4n) is 2.94. The van der Waals surface area contributed by atoms with Gasteiger partial charge in [0.15, 0.2) is 0 Å². The van der Waals surface area contributed by atoms with Gasteiger partial charge in [0, 0.05) is 23.6 Å². The number of benzene rings is 2. The number of aromatic nitrogens is 3. The van der Waals surface area contributed by atoms with Crippen molar-refractivity contribution in [3.05, 3.63) is 88.6 Å². The summed E-state index contributed by atoms with van der Waals surface area (Å²) in [6.07, 6.45) is 1.39. The number of carbonyl (C=O) groups excluding carboxylic acids is 1. The van der Waals surface area contributed by atoms with Gasteiger partial charge < -0.3 is 10.3 Å². The lowest BCUT2D eigenvalue weighted by Crippen LogP contribution is -2.14. The van der Waals surface area contributed by atoms with Gasteiger partial charge in [0.25, 0.3) is 5.91 Å². The quantitative estimate of drug-likeness (QED) is 0.598. The Morgan fingerprint density at radius 1 is 1.08 bits per heavy atom. The molecule has 0 bridgehead atoms. The van der Waals surface area contributed by atoms with Crippen LogP contribution in [0.3, 0.4) is 0 Å². The Labute approximate surface area is 149 Å². The number of nitrogens with zero attached hydrogens (tertiary/aromatic N) is 2. The van der Waals surface area contributed by atoms with Crippen LogP contribution in [0.4, 0.5) is 5.69 Å². The number of pyridine rings is 1. The molecule has 2 N–H and O–H groups in total. The van der Waals surface area contributed by atoms with Crippen LogP contribution in [0, 0.1) is 6.92 Å². The lowest BCUT2D eigenvalue weighted by Gasteiger charge is -2.08. The maximum atomic E-state index is 12.3. The maximum absolute atomic E-state index is 12.3. The summed E-state index contributed by atoms with van der Waals surface area (Å²) in [5.74, 6) is 0.579. The number of anilines is 1. The van der Waals surface area contributed by atoms with Crippen LogP contribution in [0.15, 0.2) is 71.7 Å². The van der Waals surface area contributed by atoms with Crippen LogP contribution >= 0.6 is 0 Å². The molecule has 0 fully saturated rings. The Morgan fingerprint density at radius 2 is 1.88 bits per heavy atom. The van der Waals surface area contributed by atoms with Crippen LogP contribution in [-0.4, -0.2) is 20.4 Å². The van der Waals surface area contributed by atoms with Gasteiger partial charge in [-0.15, -0.1) is 0 Å². The van der Waals surface area contributed by atoms with E-state index in [1.54, 1.807) is 0 Å². The van der Waals surface area contributed by atoms with E-state index in [0.29, 0.717) is 11.3 Å². The van der Waals surface area contributed by atoms with Crippen LogP contribution in [0.1, 0.15) is 16.2 Å². The molecule has 4 aromatic rings. The largest absolute Gasteiger partial charge is 0.328 e. The number of hydrogen-bond donors (Lipinski definition) is 2. The Kier molecular flexibility index (Phi) is 3.85. The molecule has 6 heteroatoms. The summed E-state index contributed by atoms with van der Waals surface area (Å²) in [5, 5.41) is 2.83. The van der Waals surface area contributed by atoms with Gasteiger partial charge in [-0.25, -0.2) is 4.98 Å². The third kappa shape index (κ3) is 2.88. The first kappa shape index (κ1) is 15.8. The van der Waals surface area contributed by atoms with Crippen LogP contribution in [0.5, 0.6) is 0 Å². The second-order valence-corrected chi connectivity index (χ2v) is 5.93. The zero-order valence-electron chi connectivity index (χ0n) is 14.1. The van der Waals surface area contributed by atoms with Gasteiger partial charge in [0.1, 0.15) is 5.82 Å². The Hall–Kier alpha value is -3.67. The molecule has 128 valence electrons. The number of aromatic amines is 1. The average Bonchev–Trinajstić information content (AvgIpc) is 2.98. The van der Waals surface area contributed by atoms with Crippen molar-refractivity contribution in [1.29, 1.82) is 0 Å². The monoisotopic (exact) mass is 344 g/mol. The molecule has 26 heavy (non-hydrogen) atoms. The van der Waals surface area contributed by atoms with Crippen molar-refractivity contribution in [1.82, 2.24) is 14.5 Å². The molecule has 2 aromatic carbocycles. The standard InChI is InChI=1S/C20H16N4O2/c1-13-22-17-11-15(23-20(26)14-7-10-19(25)21-12-14)8-9-18(17)24(13)16-5-3-2-4-6-16/h2-12H,1H3,(H,21,25)(H,23,26). The second kappa shape index (κ2) is 6.33. The van der Waals surface area contributed by atoms with Crippen molar-refractivity contribution >= 4 is 22.6 Å². The van der Waals surface area contributed by atoms with E-state index in [1.807, 2.05) is 55.5 Å². The van der Waals surface area contributed by atoms with E-state index in [9.17, 15) is 9.59 Å². The lowest BCUT2D eigenvalue weighted by atomic mass is 10.2. The Balaban J connectivity index is 1.67. The first-order chi connectivity index (χ1) is 12.6. The van der Waals surface area contributed by atoms with Gasteiger partial charge in [0.2, 0.25) is 5.56 Å². The molecule has 0 aliphatic carbocycles. The van der Waals surface area contributed by atoms with E-state index in [4.69, 9.17) is 0 Å². The van der Waals surface area contributed by atoms with Gasteiger partial charge in [-0.1, -0.05) is 18.2 Å². The third-order valence-electron chi connectivity index (χ3n) is 4.14. The van der Waals surface area contributed by atoms with Crippen LogP contribution in [0.25, 0.3) is 16.7 Å². The predicted octanol–water partition coefficient (Wildman–Crippen LogP) is 3.27. The minimum Gasteiger partial charge on any atom is -0.328 e. The summed E-state index contributed by atoms with van der Waals surface area (Å²) >= 11 is 0. The summed E-state index contributed by atoms with van der Waals surface area (Å²) in [7, 11) is 0. The van der Waals surface area contributed by atoms with Crippen LogP contribution < -0.4 is 10.9 Å². The number of rotatable bonds is 3. The van der Waals surface area contributed by atoms with Crippen molar-refractivity contribution in [2.45, 2.75) is 6.92 Å². The van der Waals surface area contributed by atoms with E-state index in [1.165, 1.54) is 18.3 Å². The van der Waals surface area contributed by atoms with E-state index in [0.717, 1.165) is 22.5 Å². The molecule has 0 saturated heterocycles. The second-order valence-electron chi connectivity index (χ2n) is 5.93. The molecule has 0 spiro atoms. The maximum Gasteiger partial charge on any atom is 0.257 e. The smallest absolute Gasteiger partial charge is 0.257 e. The molecule has 6 nitrogen and oxygen atoms in total. The van der Waals surface area contributed by atoms with Crippen molar-refractivity contribution < 1.29 is 4.79 Å². The molecule has 2 aromatic heterocycles. The molecule has 0 unspecified atom stereocenters. The summed E-state index contributed by atoms with van der Waals surface area (Å²) in [6.45, 7) is 1.95. The van der Waals surface area contributed by atoms with Gasteiger partial charge >= 0.3 is 0 Å². The summed E-state index contributed by atoms with van der Waals surface area (Å²) < 4.78 is 2.07. The number of aryl methyl sites for hydroxylation is 1. The molecule has 0 radical (unpaired) electrons. The molecular weight excluding hydrogens is 328 g/mol. The minimum absolute atomic E-state index is 0.245. The van der Waals surface area contributed by atoms with E-state index >= 15 is 0 Å². The zero-order valence-corrected chi connectivity index (χ0v) is 14.1. The summed E-state index contributed by atoms with van der Waals surface area (Å²) in [6, 6.07) is 18.4. The van der Waals surface area contributed by atoms with Crippen molar-refractivity contribution in [3.63, 3.8) is 0 Å². The molecular formula is C20H16N4O2. The SMILES string of the molecule is Cc1nc2cc(NC(=O)c3ccc(=O)[nH]c3)ccc2n1-c1ccccc1. The number of fused-ring (bicyclic) bond motifs is 1. The highest BCUT2D eigenvalue weighted by molar-refractivity contribution is 6.04. The third-order valence-corrected chi connectivity index (χ3v) is 4.14. The molecule has 0 saturated carbocycles. The molecule has 2 heterocycles. The Bertz CT molecular complexity index is 1140. The molecule has 0 aliphatic rings. The molecule has 1 amide bonds. The van der Waals surface area contributed by atoms with Crippen molar-refractivity contribution in [2.24, 2.45) is 0 Å². The minimum atomic E-state index is -0.292. The number of carbonyl (C=O) groups is 1. The van der Waals surface area contributed by atoms with Crippen molar-refractivity contribution in [2.75, 3.05) is 5.32 Å². The highest BCUT2D eigenvalue weighted by Crippen LogP contribution is 2.24.